The van der Waals surface area contributed by atoms with E-state index in [1.54, 1.807) is 0 Å². The quantitative estimate of drug-likeness (QED) is 0.500. The number of alkyl halides is 1. The topological polar surface area (TPSA) is 9.23 Å². The number of benzene rings is 1. The third kappa shape index (κ3) is 4.17. The van der Waals surface area contributed by atoms with Crippen LogP contribution in [0.25, 0.3) is 0 Å². The minimum atomic E-state index is 0.412. The van der Waals surface area contributed by atoms with Crippen LogP contribution in [-0.4, -0.2) is 6.61 Å². The molecule has 0 bridgehead atoms. The van der Waals surface area contributed by atoms with Crippen molar-refractivity contribution in [3.63, 3.8) is 0 Å². The highest BCUT2D eigenvalue weighted by molar-refractivity contribution is 9.09. The summed E-state index contributed by atoms with van der Waals surface area (Å²) in [5.41, 5.74) is 1.28. The molecule has 1 aromatic carbocycles. The van der Waals surface area contributed by atoms with Crippen molar-refractivity contribution in [3.8, 4) is 5.75 Å². The lowest BCUT2D eigenvalue weighted by atomic mass is 10.1. The van der Waals surface area contributed by atoms with Crippen LogP contribution in [0.5, 0.6) is 5.75 Å². The van der Waals surface area contributed by atoms with Crippen molar-refractivity contribution in [2.45, 2.75) is 44.4 Å². The Kier molecular flexibility index (Phi) is 6.55. The minimum Gasteiger partial charge on any atom is -0.493 e. The van der Waals surface area contributed by atoms with Gasteiger partial charge < -0.3 is 4.74 Å². The molecule has 2 heteroatoms. The number of unbranched alkanes of at least 4 members (excludes halogenated alkanes) is 1. The Morgan fingerprint density at radius 2 is 1.94 bits per heavy atom. The molecule has 0 saturated carbocycles. The van der Waals surface area contributed by atoms with Crippen LogP contribution in [0, 0.1) is 0 Å². The Morgan fingerprint density at radius 3 is 2.62 bits per heavy atom. The summed E-state index contributed by atoms with van der Waals surface area (Å²) in [4.78, 5) is 0.412. The number of rotatable bonds is 7. The SMILES string of the molecule is CCCCOc1ccccc1C(Br)CCC. The molecule has 0 saturated heterocycles. The molecule has 0 spiro atoms. The summed E-state index contributed by atoms with van der Waals surface area (Å²) in [7, 11) is 0. The zero-order valence-corrected chi connectivity index (χ0v) is 11.8. The second kappa shape index (κ2) is 7.72. The van der Waals surface area contributed by atoms with Crippen LogP contribution < -0.4 is 4.74 Å². The Morgan fingerprint density at radius 1 is 1.19 bits per heavy atom. The molecule has 1 unspecified atom stereocenters. The molecule has 0 fully saturated rings. The summed E-state index contributed by atoms with van der Waals surface area (Å²) in [6.07, 6.45) is 4.62. The molecule has 0 aromatic heterocycles. The van der Waals surface area contributed by atoms with Crippen LogP contribution in [-0.2, 0) is 0 Å². The van der Waals surface area contributed by atoms with E-state index in [1.807, 2.05) is 6.07 Å². The lowest BCUT2D eigenvalue weighted by Gasteiger charge is -2.15. The Balaban J connectivity index is 2.67. The smallest absolute Gasteiger partial charge is 0.123 e. The number of para-hydroxylation sites is 1. The molecule has 1 atom stereocenters. The highest BCUT2D eigenvalue weighted by atomic mass is 79.9. The van der Waals surface area contributed by atoms with E-state index >= 15 is 0 Å². The molecule has 0 N–H and O–H groups in total. The molecule has 0 heterocycles. The summed E-state index contributed by atoms with van der Waals surface area (Å²) < 4.78 is 5.82. The van der Waals surface area contributed by atoms with Gasteiger partial charge in [0.2, 0.25) is 0 Å². The van der Waals surface area contributed by atoms with E-state index in [2.05, 4.69) is 48.0 Å². The summed E-state index contributed by atoms with van der Waals surface area (Å²) in [6.45, 7) is 5.20. The van der Waals surface area contributed by atoms with Gasteiger partial charge in [-0.05, 0) is 18.9 Å². The van der Waals surface area contributed by atoms with Crippen molar-refractivity contribution in [3.05, 3.63) is 29.8 Å². The van der Waals surface area contributed by atoms with Crippen molar-refractivity contribution in [2.75, 3.05) is 6.61 Å². The van der Waals surface area contributed by atoms with E-state index in [1.165, 1.54) is 18.4 Å². The number of hydrogen-bond donors (Lipinski definition) is 0. The Bertz CT molecular complexity index is 299. The third-order valence-electron chi connectivity index (χ3n) is 2.55. The summed E-state index contributed by atoms with van der Waals surface area (Å²) in [5.74, 6) is 1.03. The van der Waals surface area contributed by atoms with Gasteiger partial charge in [-0.15, -0.1) is 0 Å². The monoisotopic (exact) mass is 284 g/mol. The molecular weight excluding hydrogens is 264 g/mol. The molecule has 1 rings (SSSR count). The molecule has 0 aliphatic heterocycles. The first-order valence-electron chi connectivity index (χ1n) is 6.15. The normalized spacial score (nSPS) is 12.4. The van der Waals surface area contributed by atoms with E-state index in [0.717, 1.165) is 25.2 Å². The first-order chi connectivity index (χ1) is 7.79. The average Bonchev–Trinajstić information content (AvgIpc) is 2.30. The van der Waals surface area contributed by atoms with E-state index in [4.69, 9.17) is 4.74 Å². The maximum absolute atomic E-state index is 5.82. The first kappa shape index (κ1) is 13.6. The predicted octanol–water partition coefficient (Wildman–Crippen LogP) is 5.10. The molecule has 0 aliphatic rings. The summed E-state index contributed by atoms with van der Waals surface area (Å²) >= 11 is 3.73. The van der Waals surface area contributed by atoms with Crippen LogP contribution >= 0.6 is 15.9 Å². The number of halogens is 1. The maximum Gasteiger partial charge on any atom is 0.123 e. The highest BCUT2D eigenvalue weighted by Gasteiger charge is 2.11. The van der Waals surface area contributed by atoms with Crippen molar-refractivity contribution in [1.82, 2.24) is 0 Å². The zero-order valence-electron chi connectivity index (χ0n) is 10.2. The second-order valence-electron chi connectivity index (χ2n) is 4.00. The van der Waals surface area contributed by atoms with Crippen molar-refractivity contribution in [1.29, 1.82) is 0 Å². The van der Waals surface area contributed by atoms with Crippen molar-refractivity contribution in [2.24, 2.45) is 0 Å². The van der Waals surface area contributed by atoms with Gasteiger partial charge in [-0.3, -0.25) is 0 Å². The fourth-order valence-corrected chi connectivity index (χ4v) is 2.44. The van der Waals surface area contributed by atoms with Crippen LogP contribution in [0.15, 0.2) is 24.3 Å². The van der Waals surface area contributed by atoms with Crippen LogP contribution in [0.2, 0.25) is 0 Å². The lowest BCUT2D eigenvalue weighted by molar-refractivity contribution is 0.306. The fourth-order valence-electron chi connectivity index (χ4n) is 1.61. The van der Waals surface area contributed by atoms with Crippen molar-refractivity contribution < 1.29 is 4.74 Å². The standard InChI is InChI=1S/C14H21BrO/c1-3-5-11-16-14-10-7-6-9-12(14)13(15)8-4-2/h6-7,9-10,13H,3-5,8,11H2,1-2H3. The average molecular weight is 285 g/mol. The van der Waals surface area contributed by atoms with Gasteiger partial charge in [-0.25, -0.2) is 0 Å². The van der Waals surface area contributed by atoms with E-state index in [-0.39, 0.29) is 0 Å². The predicted molar refractivity (Wildman–Crippen MR) is 73.4 cm³/mol. The third-order valence-corrected chi connectivity index (χ3v) is 3.51. The lowest BCUT2D eigenvalue weighted by Crippen LogP contribution is -2.01. The Hall–Kier alpha value is -0.500. The molecule has 0 amide bonds. The largest absolute Gasteiger partial charge is 0.493 e. The number of ether oxygens (including phenoxy) is 1. The summed E-state index contributed by atoms with van der Waals surface area (Å²) in [6, 6.07) is 8.33. The van der Waals surface area contributed by atoms with Gasteiger partial charge in [0.25, 0.3) is 0 Å². The van der Waals surface area contributed by atoms with Crippen molar-refractivity contribution >= 4 is 15.9 Å². The van der Waals surface area contributed by atoms with Gasteiger partial charge >= 0.3 is 0 Å². The van der Waals surface area contributed by atoms with Gasteiger partial charge in [0.05, 0.1) is 6.61 Å². The molecule has 1 aromatic rings. The Labute approximate surface area is 107 Å². The van der Waals surface area contributed by atoms with E-state index in [0.29, 0.717) is 4.83 Å². The molecule has 1 nitrogen and oxygen atoms in total. The maximum atomic E-state index is 5.82. The number of hydrogen-bond acceptors (Lipinski definition) is 1. The first-order valence-corrected chi connectivity index (χ1v) is 7.07. The van der Waals surface area contributed by atoms with Crippen LogP contribution in [0.1, 0.15) is 49.9 Å². The molecule has 0 radical (unpaired) electrons. The highest BCUT2D eigenvalue weighted by Crippen LogP contribution is 2.34. The molecule has 90 valence electrons. The van der Waals surface area contributed by atoms with E-state index < -0.39 is 0 Å². The van der Waals surface area contributed by atoms with Gasteiger partial charge in [0.1, 0.15) is 5.75 Å². The van der Waals surface area contributed by atoms with Gasteiger partial charge in [0.15, 0.2) is 0 Å². The van der Waals surface area contributed by atoms with Gasteiger partial charge in [-0.1, -0.05) is 60.8 Å². The van der Waals surface area contributed by atoms with Crippen LogP contribution in [0.3, 0.4) is 0 Å². The molecular formula is C14H21BrO. The summed E-state index contributed by atoms with van der Waals surface area (Å²) in [5, 5.41) is 0. The zero-order chi connectivity index (χ0) is 11.8. The van der Waals surface area contributed by atoms with Crippen LogP contribution in [0.4, 0.5) is 0 Å². The minimum absolute atomic E-state index is 0.412. The van der Waals surface area contributed by atoms with Gasteiger partial charge in [-0.2, -0.15) is 0 Å². The van der Waals surface area contributed by atoms with E-state index in [9.17, 15) is 0 Å². The molecule has 0 aliphatic carbocycles. The second-order valence-corrected chi connectivity index (χ2v) is 5.10. The fraction of sp³-hybridized carbons (Fsp3) is 0.571. The van der Waals surface area contributed by atoms with Gasteiger partial charge in [0, 0.05) is 10.4 Å². The molecule has 16 heavy (non-hydrogen) atoms.